The molecule has 4 rings (SSSR count). The Hall–Kier alpha value is -3.56. The number of hydrogen-bond acceptors (Lipinski definition) is 8. The van der Waals surface area contributed by atoms with Crippen molar-refractivity contribution in [1.82, 2.24) is 9.21 Å². The molecule has 0 fully saturated rings. The highest BCUT2D eigenvalue weighted by atomic mass is 32.2. The second-order valence-corrected chi connectivity index (χ2v) is 15.0. The number of thiophene rings is 1. The minimum Gasteiger partial charge on any atom is -0.490 e. The van der Waals surface area contributed by atoms with Crippen molar-refractivity contribution < 1.29 is 37.0 Å². The Balaban J connectivity index is 1.62. The van der Waals surface area contributed by atoms with Crippen molar-refractivity contribution in [2.45, 2.75) is 62.5 Å². The number of sulfonamides is 1. The first-order valence-electron chi connectivity index (χ1n) is 15.6. The van der Waals surface area contributed by atoms with E-state index in [9.17, 15) is 27.5 Å². The Bertz CT molecular complexity index is 1590. The molecule has 0 aliphatic carbocycles. The minimum absolute atomic E-state index is 0.0737. The van der Waals surface area contributed by atoms with E-state index in [1.165, 1.54) is 46.6 Å². The van der Waals surface area contributed by atoms with Gasteiger partial charge in [-0.2, -0.15) is 4.31 Å². The van der Waals surface area contributed by atoms with E-state index in [0.717, 1.165) is 24.2 Å². The molecule has 4 atom stereocenters. The van der Waals surface area contributed by atoms with E-state index in [2.05, 4.69) is 10.6 Å². The molecule has 3 N–H and O–H groups in total. The van der Waals surface area contributed by atoms with Crippen LogP contribution in [0.25, 0.3) is 0 Å². The van der Waals surface area contributed by atoms with Gasteiger partial charge < -0.3 is 30.1 Å². The standard InChI is InChI=1S/C33H43FN4O7S2/c1-22-19-38(23(2)21-39)32(40)28-18-27(36-33(41)35-26-12-10-25(34)11-13-26)14-15-29(28)45-24(3)8-5-6-16-44-30(22)20-37(4)47(42,43)31-9-7-17-46-31/h7,9-15,17-18,22-24,30,39H,5-6,8,16,19-21H2,1-4H3,(H2,35,36,41)/t22-,23-,24-,30-/m1/s1. The summed E-state index contributed by atoms with van der Waals surface area (Å²) in [6, 6.07) is 12.2. The Morgan fingerprint density at radius 3 is 2.51 bits per heavy atom. The Morgan fingerprint density at radius 1 is 1.13 bits per heavy atom. The number of carbonyl (C=O) groups excluding carboxylic acids is 2. The van der Waals surface area contributed by atoms with Gasteiger partial charge in [0.15, 0.2) is 0 Å². The number of anilines is 2. The number of nitrogens with one attached hydrogen (secondary N) is 2. The van der Waals surface area contributed by atoms with Crippen molar-refractivity contribution in [3.8, 4) is 5.75 Å². The number of benzene rings is 2. The van der Waals surface area contributed by atoms with Crippen LogP contribution in [0.5, 0.6) is 5.75 Å². The summed E-state index contributed by atoms with van der Waals surface area (Å²) in [7, 11) is -2.21. The normalized spacial score (nSPS) is 20.5. The van der Waals surface area contributed by atoms with E-state index >= 15 is 0 Å². The smallest absolute Gasteiger partial charge is 0.323 e. The van der Waals surface area contributed by atoms with E-state index in [1.807, 2.05) is 13.8 Å². The first-order chi connectivity index (χ1) is 22.4. The fraction of sp³-hybridized carbons (Fsp3) is 0.455. The summed E-state index contributed by atoms with van der Waals surface area (Å²) < 4.78 is 53.8. The van der Waals surface area contributed by atoms with Crippen LogP contribution in [0.4, 0.5) is 20.6 Å². The lowest BCUT2D eigenvalue weighted by atomic mass is 10.0. The third-order valence-electron chi connectivity index (χ3n) is 8.01. The van der Waals surface area contributed by atoms with Crippen LogP contribution >= 0.6 is 11.3 Å². The van der Waals surface area contributed by atoms with E-state index in [4.69, 9.17) is 9.47 Å². The van der Waals surface area contributed by atoms with Gasteiger partial charge >= 0.3 is 6.03 Å². The van der Waals surface area contributed by atoms with Crippen LogP contribution in [-0.2, 0) is 14.8 Å². The summed E-state index contributed by atoms with van der Waals surface area (Å²) in [6.07, 6.45) is 1.40. The lowest BCUT2D eigenvalue weighted by Crippen LogP contribution is -2.48. The van der Waals surface area contributed by atoms with Gasteiger partial charge in [-0.25, -0.2) is 17.6 Å². The second kappa shape index (κ2) is 16.5. The Labute approximate surface area is 279 Å². The number of aliphatic hydroxyl groups is 1. The second-order valence-electron chi connectivity index (χ2n) is 11.8. The lowest BCUT2D eigenvalue weighted by Gasteiger charge is -2.35. The van der Waals surface area contributed by atoms with Crippen LogP contribution < -0.4 is 15.4 Å². The van der Waals surface area contributed by atoms with Gasteiger partial charge in [-0.3, -0.25) is 4.79 Å². The molecule has 0 radical (unpaired) electrons. The predicted molar refractivity (Wildman–Crippen MR) is 180 cm³/mol. The van der Waals surface area contributed by atoms with Gasteiger partial charge in [0.2, 0.25) is 0 Å². The summed E-state index contributed by atoms with van der Waals surface area (Å²) >= 11 is 1.14. The number of likely N-dealkylation sites (N-methyl/N-ethyl adjacent to an activating group) is 1. The number of urea groups is 1. The number of amides is 3. The summed E-state index contributed by atoms with van der Waals surface area (Å²) in [4.78, 5) is 28.6. The molecular weight excluding hydrogens is 648 g/mol. The number of aliphatic hydroxyl groups excluding tert-OH is 1. The molecule has 3 amide bonds. The first kappa shape index (κ1) is 36.3. The monoisotopic (exact) mass is 690 g/mol. The Kier molecular flexibility index (Phi) is 12.7. The zero-order valence-electron chi connectivity index (χ0n) is 27.0. The zero-order valence-corrected chi connectivity index (χ0v) is 28.7. The molecule has 0 unspecified atom stereocenters. The van der Waals surface area contributed by atoms with Crippen LogP contribution in [0.1, 0.15) is 50.4 Å². The van der Waals surface area contributed by atoms with Crippen molar-refractivity contribution in [2.24, 2.45) is 5.92 Å². The molecule has 14 heteroatoms. The molecule has 2 heterocycles. The van der Waals surface area contributed by atoms with Gasteiger partial charge in [0, 0.05) is 44.0 Å². The van der Waals surface area contributed by atoms with Crippen molar-refractivity contribution in [3.05, 3.63) is 71.4 Å². The van der Waals surface area contributed by atoms with E-state index < -0.39 is 39.9 Å². The molecule has 47 heavy (non-hydrogen) atoms. The van der Waals surface area contributed by atoms with E-state index in [-0.39, 0.29) is 41.5 Å². The van der Waals surface area contributed by atoms with Gasteiger partial charge in [-0.1, -0.05) is 13.0 Å². The summed E-state index contributed by atoms with van der Waals surface area (Å²) in [5, 5.41) is 17.2. The SMILES string of the molecule is C[C@@H]1CCCCO[C@H](CN(C)S(=O)(=O)c2cccs2)[C@H](C)CN([C@H](C)CO)C(=O)c2cc(NC(=O)Nc3ccc(F)cc3)ccc2O1. The van der Waals surface area contributed by atoms with Crippen molar-refractivity contribution in [2.75, 3.05) is 44.0 Å². The molecule has 0 spiro atoms. The fourth-order valence-electron chi connectivity index (χ4n) is 5.20. The predicted octanol–water partition coefficient (Wildman–Crippen LogP) is 5.65. The first-order valence-corrected chi connectivity index (χ1v) is 17.9. The molecule has 3 aromatic rings. The maximum Gasteiger partial charge on any atom is 0.323 e. The number of fused-ring (bicyclic) bond motifs is 1. The topological polar surface area (TPSA) is 138 Å². The summed E-state index contributed by atoms with van der Waals surface area (Å²) in [5.74, 6) is -0.859. The van der Waals surface area contributed by atoms with Gasteiger partial charge in [-0.15, -0.1) is 11.3 Å². The van der Waals surface area contributed by atoms with Crippen LogP contribution in [0.3, 0.4) is 0 Å². The highest BCUT2D eigenvalue weighted by Gasteiger charge is 2.32. The van der Waals surface area contributed by atoms with Gasteiger partial charge in [0.25, 0.3) is 15.9 Å². The minimum atomic E-state index is -3.73. The quantitative estimate of drug-likeness (QED) is 0.278. The molecular formula is C33H43FN4O7S2. The van der Waals surface area contributed by atoms with Crippen LogP contribution in [0.2, 0.25) is 0 Å². The molecule has 2 aromatic carbocycles. The third-order valence-corrected chi connectivity index (χ3v) is 11.2. The van der Waals surface area contributed by atoms with E-state index in [0.29, 0.717) is 30.2 Å². The zero-order chi connectivity index (χ0) is 34.1. The van der Waals surface area contributed by atoms with Crippen molar-refractivity contribution >= 4 is 44.7 Å². The largest absolute Gasteiger partial charge is 0.490 e. The number of halogens is 1. The molecule has 1 aliphatic rings. The fourth-order valence-corrected chi connectivity index (χ4v) is 7.59. The molecule has 0 bridgehead atoms. The number of rotatable bonds is 8. The van der Waals surface area contributed by atoms with Gasteiger partial charge in [-0.05, 0) is 87.0 Å². The highest BCUT2D eigenvalue weighted by Crippen LogP contribution is 2.29. The van der Waals surface area contributed by atoms with E-state index in [1.54, 1.807) is 36.6 Å². The maximum absolute atomic E-state index is 14.3. The van der Waals surface area contributed by atoms with Crippen LogP contribution in [-0.4, -0.2) is 86.3 Å². The highest BCUT2D eigenvalue weighted by molar-refractivity contribution is 7.91. The average Bonchev–Trinajstić information content (AvgIpc) is 3.60. The number of nitrogens with zero attached hydrogens (tertiary/aromatic N) is 2. The molecule has 11 nitrogen and oxygen atoms in total. The van der Waals surface area contributed by atoms with Crippen molar-refractivity contribution in [1.29, 1.82) is 0 Å². The molecule has 256 valence electrons. The van der Waals surface area contributed by atoms with Gasteiger partial charge in [0.1, 0.15) is 15.8 Å². The molecule has 0 saturated heterocycles. The molecule has 0 saturated carbocycles. The van der Waals surface area contributed by atoms with Crippen LogP contribution in [0, 0.1) is 11.7 Å². The number of ether oxygens (including phenoxy) is 2. The average molecular weight is 691 g/mol. The lowest BCUT2D eigenvalue weighted by molar-refractivity contribution is -0.00832. The number of hydrogen-bond donors (Lipinski definition) is 3. The van der Waals surface area contributed by atoms with Crippen LogP contribution in [0.15, 0.2) is 64.2 Å². The Morgan fingerprint density at radius 2 is 1.83 bits per heavy atom. The summed E-state index contributed by atoms with van der Waals surface area (Å²) in [6.45, 7) is 5.83. The summed E-state index contributed by atoms with van der Waals surface area (Å²) in [5.41, 5.74) is 0.897. The number of carbonyl (C=O) groups is 2. The third kappa shape index (κ3) is 9.73. The van der Waals surface area contributed by atoms with Gasteiger partial charge in [0.05, 0.1) is 30.4 Å². The maximum atomic E-state index is 14.3. The molecule has 1 aromatic heterocycles. The molecule has 1 aliphatic heterocycles. The van der Waals surface area contributed by atoms with Crippen molar-refractivity contribution in [3.63, 3.8) is 0 Å².